The summed E-state index contributed by atoms with van der Waals surface area (Å²) in [5, 5.41) is 5.61. The topological polar surface area (TPSA) is 70.7 Å². The summed E-state index contributed by atoms with van der Waals surface area (Å²) in [5.41, 5.74) is 2.72. The Morgan fingerprint density at radius 3 is 2.73 bits per heavy atom. The lowest BCUT2D eigenvalue weighted by atomic mass is 10.1. The Bertz CT molecular complexity index is 789. The highest BCUT2D eigenvalue weighted by atomic mass is 16.5. The van der Waals surface area contributed by atoms with Gasteiger partial charge < -0.3 is 20.3 Å². The summed E-state index contributed by atoms with van der Waals surface area (Å²) in [5.74, 6) is 0.867. The summed E-state index contributed by atoms with van der Waals surface area (Å²) in [6, 6.07) is 14.8. The second-order valence-corrected chi connectivity index (χ2v) is 6.48. The Morgan fingerprint density at radius 1 is 1.23 bits per heavy atom. The van der Waals surface area contributed by atoms with Crippen LogP contribution in [0.4, 0.5) is 16.2 Å². The van der Waals surface area contributed by atoms with Crippen LogP contribution in [-0.2, 0) is 4.79 Å². The van der Waals surface area contributed by atoms with E-state index in [0.29, 0.717) is 30.9 Å². The first-order valence-corrected chi connectivity index (χ1v) is 8.61. The van der Waals surface area contributed by atoms with E-state index in [9.17, 15) is 9.59 Å². The third kappa shape index (κ3) is 4.33. The SMILES string of the molecule is COc1cccc(NC(=O)NCC2CC(=O)N(c3ccc(C)cc3)C2)c1. The van der Waals surface area contributed by atoms with Crippen LogP contribution in [0.3, 0.4) is 0 Å². The van der Waals surface area contributed by atoms with Crippen LogP contribution in [0.15, 0.2) is 48.5 Å². The molecule has 26 heavy (non-hydrogen) atoms. The van der Waals surface area contributed by atoms with Crippen molar-refractivity contribution in [3.05, 3.63) is 54.1 Å². The van der Waals surface area contributed by atoms with Crippen molar-refractivity contribution >= 4 is 23.3 Å². The van der Waals surface area contributed by atoms with E-state index in [-0.39, 0.29) is 17.9 Å². The zero-order chi connectivity index (χ0) is 18.5. The number of ether oxygens (including phenoxy) is 1. The molecular formula is C20H23N3O3. The first kappa shape index (κ1) is 17.8. The van der Waals surface area contributed by atoms with Crippen LogP contribution in [-0.4, -0.2) is 32.1 Å². The zero-order valence-corrected chi connectivity index (χ0v) is 15.0. The molecule has 1 saturated heterocycles. The second kappa shape index (κ2) is 7.91. The molecule has 1 aliphatic heterocycles. The molecule has 3 amide bonds. The number of aryl methyl sites for hydroxylation is 1. The first-order valence-electron chi connectivity index (χ1n) is 8.61. The maximum atomic E-state index is 12.3. The Kier molecular flexibility index (Phi) is 5.41. The van der Waals surface area contributed by atoms with E-state index in [0.717, 1.165) is 11.3 Å². The van der Waals surface area contributed by atoms with Crippen molar-refractivity contribution in [3.8, 4) is 5.75 Å². The van der Waals surface area contributed by atoms with Gasteiger partial charge in [-0.3, -0.25) is 4.79 Å². The largest absolute Gasteiger partial charge is 0.497 e. The fourth-order valence-electron chi connectivity index (χ4n) is 3.01. The maximum absolute atomic E-state index is 12.3. The minimum absolute atomic E-state index is 0.0915. The average Bonchev–Trinajstić information content (AvgIpc) is 3.01. The van der Waals surface area contributed by atoms with Crippen LogP contribution < -0.4 is 20.3 Å². The number of nitrogens with one attached hydrogen (secondary N) is 2. The number of carbonyl (C=O) groups is 2. The summed E-state index contributed by atoms with van der Waals surface area (Å²) >= 11 is 0. The highest BCUT2D eigenvalue weighted by molar-refractivity contribution is 5.96. The molecule has 1 aliphatic rings. The van der Waals surface area contributed by atoms with Crippen molar-refractivity contribution in [2.24, 2.45) is 5.92 Å². The molecule has 6 heteroatoms. The quantitative estimate of drug-likeness (QED) is 0.867. The zero-order valence-electron chi connectivity index (χ0n) is 15.0. The van der Waals surface area contributed by atoms with Crippen LogP contribution >= 0.6 is 0 Å². The Hall–Kier alpha value is -3.02. The van der Waals surface area contributed by atoms with Crippen molar-refractivity contribution < 1.29 is 14.3 Å². The van der Waals surface area contributed by atoms with Crippen LogP contribution in [0.1, 0.15) is 12.0 Å². The van der Waals surface area contributed by atoms with Gasteiger partial charge in [0.1, 0.15) is 5.75 Å². The third-order valence-electron chi connectivity index (χ3n) is 4.43. The van der Waals surface area contributed by atoms with Crippen molar-refractivity contribution in [2.45, 2.75) is 13.3 Å². The summed E-state index contributed by atoms with van der Waals surface area (Å²) in [6.07, 6.45) is 0.438. The van der Waals surface area contributed by atoms with Gasteiger partial charge in [0, 0.05) is 42.9 Å². The minimum Gasteiger partial charge on any atom is -0.497 e. The lowest BCUT2D eigenvalue weighted by molar-refractivity contribution is -0.117. The molecule has 2 aromatic rings. The molecule has 0 aliphatic carbocycles. The number of hydrogen-bond donors (Lipinski definition) is 2. The fourth-order valence-corrected chi connectivity index (χ4v) is 3.01. The summed E-state index contributed by atoms with van der Waals surface area (Å²) < 4.78 is 5.14. The second-order valence-electron chi connectivity index (χ2n) is 6.48. The fraction of sp³-hybridized carbons (Fsp3) is 0.300. The molecule has 6 nitrogen and oxygen atoms in total. The van der Waals surface area contributed by atoms with Gasteiger partial charge in [-0.05, 0) is 31.2 Å². The number of amides is 3. The predicted octanol–water partition coefficient (Wildman–Crippen LogP) is 3.18. The monoisotopic (exact) mass is 353 g/mol. The molecule has 2 aromatic carbocycles. The van der Waals surface area contributed by atoms with E-state index in [1.807, 2.05) is 43.3 Å². The maximum Gasteiger partial charge on any atom is 0.319 e. The van der Waals surface area contributed by atoms with Gasteiger partial charge in [0.15, 0.2) is 0 Å². The van der Waals surface area contributed by atoms with Crippen molar-refractivity contribution in [2.75, 3.05) is 30.4 Å². The molecule has 0 radical (unpaired) electrons. The van der Waals surface area contributed by atoms with Crippen LogP contribution in [0, 0.1) is 12.8 Å². The van der Waals surface area contributed by atoms with Crippen molar-refractivity contribution in [3.63, 3.8) is 0 Å². The van der Waals surface area contributed by atoms with E-state index >= 15 is 0 Å². The molecule has 3 rings (SSSR count). The highest BCUT2D eigenvalue weighted by Gasteiger charge is 2.30. The Balaban J connectivity index is 1.51. The smallest absolute Gasteiger partial charge is 0.319 e. The first-order chi connectivity index (χ1) is 12.5. The number of carbonyl (C=O) groups excluding carboxylic acids is 2. The summed E-state index contributed by atoms with van der Waals surface area (Å²) in [6.45, 7) is 3.08. The van der Waals surface area contributed by atoms with E-state index in [4.69, 9.17) is 4.74 Å². The van der Waals surface area contributed by atoms with Gasteiger partial charge in [0.05, 0.1) is 7.11 Å². The highest BCUT2D eigenvalue weighted by Crippen LogP contribution is 2.25. The number of benzene rings is 2. The number of methoxy groups -OCH3 is 1. The van der Waals surface area contributed by atoms with Crippen LogP contribution in [0.25, 0.3) is 0 Å². The number of hydrogen-bond acceptors (Lipinski definition) is 3. The van der Waals surface area contributed by atoms with E-state index in [1.54, 1.807) is 24.1 Å². The van der Waals surface area contributed by atoms with Gasteiger partial charge in [-0.1, -0.05) is 23.8 Å². The predicted molar refractivity (Wildman–Crippen MR) is 102 cm³/mol. The van der Waals surface area contributed by atoms with E-state index < -0.39 is 0 Å². The van der Waals surface area contributed by atoms with E-state index in [2.05, 4.69) is 10.6 Å². The van der Waals surface area contributed by atoms with Gasteiger partial charge in [-0.2, -0.15) is 0 Å². The number of urea groups is 1. The number of anilines is 2. The van der Waals surface area contributed by atoms with Gasteiger partial charge in [0.2, 0.25) is 5.91 Å². The molecule has 136 valence electrons. The summed E-state index contributed by atoms with van der Waals surface area (Å²) in [4.78, 5) is 26.1. The summed E-state index contributed by atoms with van der Waals surface area (Å²) in [7, 11) is 1.58. The molecule has 1 atom stereocenters. The van der Waals surface area contributed by atoms with Gasteiger partial charge in [0.25, 0.3) is 0 Å². The Labute approximate surface area is 153 Å². The molecule has 1 fully saturated rings. The molecule has 0 saturated carbocycles. The lowest BCUT2D eigenvalue weighted by Gasteiger charge is -2.17. The molecule has 0 aromatic heterocycles. The van der Waals surface area contributed by atoms with Gasteiger partial charge in [-0.15, -0.1) is 0 Å². The molecular weight excluding hydrogens is 330 g/mol. The standard InChI is InChI=1S/C20H23N3O3/c1-14-6-8-17(9-7-14)23-13-15(10-19(23)24)12-21-20(25)22-16-4-3-5-18(11-16)26-2/h3-9,11,15H,10,12-13H2,1-2H3,(H2,21,22,25). The number of nitrogens with zero attached hydrogens (tertiary/aromatic N) is 1. The number of rotatable bonds is 5. The van der Waals surface area contributed by atoms with Crippen molar-refractivity contribution in [1.29, 1.82) is 0 Å². The van der Waals surface area contributed by atoms with Crippen molar-refractivity contribution in [1.82, 2.24) is 5.32 Å². The molecule has 0 bridgehead atoms. The molecule has 1 heterocycles. The molecule has 2 N–H and O–H groups in total. The normalized spacial score (nSPS) is 16.5. The lowest BCUT2D eigenvalue weighted by Crippen LogP contribution is -2.34. The average molecular weight is 353 g/mol. The Morgan fingerprint density at radius 2 is 2.00 bits per heavy atom. The van der Waals surface area contributed by atoms with Crippen LogP contribution in [0.2, 0.25) is 0 Å². The van der Waals surface area contributed by atoms with Gasteiger partial charge in [-0.25, -0.2) is 4.79 Å². The van der Waals surface area contributed by atoms with Gasteiger partial charge >= 0.3 is 6.03 Å². The molecule has 1 unspecified atom stereocenters. The van der Waals surface area contributed by atoms with E-state index in [1.165, 1.54) is 0 Å². The minimum atomic E-state index is -0.292. The third-order valence-corrected chi connectivity index (χ3v) is 4.43. The molecule has 0 spiro atoms. The van der Waals surface area contributed by atoms with Crippen LogP contribution in [0.5, 0.6) is 5.75 Å².